The van der Waals surface area contributed by atoms with E-state index >= 15 is 0 Å². The average molecular weight is 222 g/mol. The third-order valence-corrected chi connectivity index (χ3v) is 3.20. The molecule has 0 aromatic heterocycles. The van der Waals surface area contributed by atoms with Gasteiger partial charge in [-0.15, -0.1) is 12.4 Å². The first-order valence-electron chi connectivity index (χ1n) is 4.69. The number of halogens is 1. The van der Waals surface area contributed by atoms with E-state index in [1.807, 2.05) is 0 Å². The van der Waals surface area contributed by atoms with Gasteiger partial charge in [0.2, 0.25) is 0 Å². The highest BCUT2D eigenvalue weighted by Crippen LogP contribution is 2.36. The van der Waals surface area contributed by atoms with Crippen molar-refractivity contribution in [3.05, 3.63) is 0 Å². The largest absolute Gasteiger partial charge is 0.469 e. The third kappa shape index (κ3) is 1.74. The first-order valence-corrected chi connectivity index (χ1v) is 4.69. The Kier molecular flexibility index (Phi) is 3.75. The van der Waals surface area contributed by atoms with Crippen LogP contribution >= 0.6 is 12.4 Å². The minimum Gasteiger partial charge on any atom is -0.469 e. The number of carbonyl (C=O) groups is 1. The lowest BCUT2D eigenvalue weighted by Gasteiger charge is -2.51. The highest BCUT2D eigenvalue weighted by molar-refractivity contribution is 5.85. The number of methoxy groups -OCH3 is 1. The Morgan fingerprint density at radius 1 is 1.50 bits per heavy atom. The van der Waals surface area contributed by atoms with Gasteiger partial charge in [0.25, 0.3) is 0 Å². The second-order valence-electron chi connectivity index (χ2n) is 3.73. The number of ether oxygens (including phenoxy) is 2. The fraction of sp³-hybridized carbons (Fsp3) is 0.889. The molecular weight excluding hydrogens is 206 g/mol. The lowest BCUT2D eigenvalue weighted by atomic mass is 9.71. The van der Waals surface area contributed by atoms with E-state index in [0.29, 0.717) is 0 Å². The first-order chi connectivity index (χ1) is 6.28. The molecule has 0 aliphatic carbocycles. The fourth-order valence-corrected chi connectivity index (χ4v) is 2.20. The zero-order valence-electron chi connectivity index (χ0n) is 8.25. The van der Waals surface area contributed by atoms with Crippen molar-refractivity contribution in [1.82, 2.24) is 5.32 Å². The normalized spacial score (nSPS) is 28.8. The highest BCUT2D eigenvalue weighted by Gasteiger charge is 2.51. The Balaban J connectivity index is 0.000000980. The van der Waals surface area contributed by atoms with E-state index in [4.69, 9.17) is 9.47 Å². The Bertz CT molecular complexity index is 216. The molecule has 2 fully saturated rings. The number of hydrogen-bond acceptors (Lipinski definition) is 4. The van der Waals surface area contributed by atoms with Crippen molar-refractivity contribution < 1.29 is 14.3 Å². The molecule has 5 heteroatoms. The zero-order valence-corrected chi connectivity index (χ0v) is 9.06. The molecule has 2 aliphatic heterocycles. The van der Waals surface area contributed by atoms with Gasteiger partial charge in [0.05, 0.1) is 13.0 Å². The summed E-state index contributed by atoms with van der Waals surface area (Å²) in [7, 11) is 1.45. The lowest BCUT2D eigenvalue weighted by Crippen LogP contribution is -2.69. The Labute approximate surface area is 89.7 Å². The SMILES string of the molecule is COC(=O)C1CNC12CCOCC2.Cl. The second-order valence-corrected chi connectivity index (χ2v) is 3.73. The molecule has 82 valence electrons. The van der Waals surface area contributed by atoms with Crippen LogP contribution in [0.3, 0.4) is 0 Å². The van der Waals surface area contributed by atoms with E-state index in [1.54, 1.807) is 0 Å². The van der Waals surface area contributed by atoms with Gasteiger partial charge in [-0.1, -0.05) is 0 Å². The molecule has 0 aromatic carbocycles. The molecule has 1 atom stereocenters. The van der Waals surface area contributed by atoms with Crippen LogP contribution in [-0.4, -0.2) is 38.4 Å². The van der Waals surface area contributed by atoms with Crippen molar-refractivity contribution in [1.29, 1.82) is 0 Å². The minimum atomic E-state index is -0.0827. The molecule has 1 spiro atoms. The van der Waals surface area contributed by atoms with Gasteiger partial charge >= 0.3 is 5.97 Å². The third-order valence-electron chi connectivity index (χ3n) is 3.20. The molecule has 4 nitrogen and oxygen atoms in total. The number of nitrogens with one attached hydrogen (secondary N) is 1. The Morgan fingerprint density at radius 3 is 2.57 bits per heavy atom. The van der Waals surface area contributed by atoms with Crippen molar-refractivity contribution in [2.45, 2.75) is 18.4 Å². The smallest absolute Gasteiger partial charge is 0.311 e. The summed E-state index contributed by atoms with van der Waals surface area (Å²) in [6.45, 7) is 2.26. The summed E-state index contributed by atoms with van der Waals surface area (Å²) in [5.74, 6) is -0.0398. The van der Waals surface area contributed by atoms with E-state index in [1.165, 1.54) is 7.11 Å². The second kappa shape index (κ2) is 4.47. The predicted molar refractivity (Wildman–Crippen MR) is 53.5 cm³/mol. The van der Waals surface area contributed by atoms with Crippen LogP contribution in [0.1, 0.15) is 12.8 Å². The van der Waals surface area contributed by atoms with Gasteiger partial charge in [-0.2, -0.15) is 0 Å². The van der Waals surface area contributed by atoms with E-state index in [-0.39, 0.29) is 29.8 Å². The Morgan fingerprint density at radius 2 is 2.14 bits per heavy atom. The van der Waals surface area contributed by atoms with E-state index < -0.39 is 0 Å². The number of rotatable bonds is 1. The first kappa shape index (κ1) is 11.8. The Hall–Kier alpha value is -0.320. The maximum atomic E-state index is 11.4. The van der Waals surface area contributed by atoms with Crippen LogP contribution < -0.4 is 5.32 Å². The van der Waals surface area contributed by atoms with Crippen LogP contribution in [0.15, 0.2) is 0 Å². The predicted octanol–water partition coefficient (Wildman–Crippen LogP) is 0.350. The lowest BCUT2D eigenvalue weighted by molar-refractivity contribution is -0.156. The summed E-state index contributed by atoms with van der Waals surface area (Å²) in [6, 6.07) is 0. The van der Waals surface area contributed by atoms with Crippen molar-refractivity contribution in [3.63, 3.8) is 0 Å². The monoisotopic (exact) mass is 221 g/mol. The number of carbonyl (C=O) groups excluding carboxylic acids is 1. The van der Waals surface area contributed by atoms with Crippen LogP contribution in [0, 0.1) is 5.92 Å². The van der Waals surface area contributed by atoms with E-state index in [9.17, 15) is 4.79 Å². The van der Waals surface area contributed by atoms with Crippen molar-refractivity contribution >= 4 is 18.4 Å². The van der Waals surface area contributed by atoms with Gasteiger partial charge in [-0.05, 0) is 12.8 Å². The summed E-state index contributed by atoms with van der Waals surface area (Å²) < 4.78 is 10.0. The van der Waals surface area contributed by atoms with E-state index in [0.717, 1.165) is 32.6 Å². The van der Waals surface area contributed by atoms with Gasteiger partial charge in [0.15, 0.2) is 0 Å². The molecule has 0 amide bonds. The zero-order chi connectivity index (χ0) is 9.31. The van der Waals surface area contributed by atoms with Crippen LogP contribution in [0.25, 0.3) is 0 Å². The van der Waals surface area contributed by atoms with Gasteiger partial charge in [0.1, 0.15) is 0 Å². The summed E-state index contributed by atoms with van der Waals surface area (Å²) in [5.41, 5.74) is -0.00859. The molecule has 0 radical (unpaired) electrons. The quantitative estimate of drug-likeness (QED) is 0.650. The van der Waals surface area contributed by atoms with Crippen molar-refractivity contribution in [3.8, 4) is 0 Å². The number of hydrogen-bond donors (Lipinski definition) is 1. The number of esters is 1. The van der Waals surface area contributed by atoms with Gasteiger partial charge in [0, 0.05) is 25.3 Å². The maximum Gasteiger partial charge on any atom is 0.311 e. The summed E-state index contributed by atoms with van der Waals surface area (Å²) in [5, 5.41) is 3.35. The molecule has 1 unspecified atom stereocenters. The maximum absolute atomic E-state index is 11.4. The highest BCUT2D eigenvalue weighted by atomic mass is 35.5. The topological polar surface area (TPSA) is 47.6 Å². The van der Waals surface area contributed by atoms with Gasteiger partial charge in [-0.25, -0.2) is 0 Å². The molecule has 1 N–H and O–H groups in total. The molecule has 0 bridgehead atoms. The molecule has 14 heavy (non-hydrogen) atoms. The van der Waals surface area contributed by atoms with E-state index in [2.05, 4.69) is 5.32 Å². The van der Waals surface area contributed by atoms with Gasteiger partial charge in [-0.3, -0.25) is 4.79 Å². The molecule has 0 saturated carbocycles. The summed E-state index contributed by atoms with van der Waals surface area (Å²) >= 11 is 0. The molecule has 2 saturated heterocycles. The van der Waals surface area contributed by atoms with Crippen LogP contribution in [0.2, 0.25) is 0 Å². The summed E-state index contributed by atoms with van der Waals surface area (Å²) in [4.78, 5) is 11.4. The molecule has 2 aliphatic rings. The molecule has 2 rings (SSSR count). The van der Waals surface area contributed by atoms with Crippen LogP contribution in [0.4, 0.5) is 0 Å². The van der Waals surface area contributed by atoms with Crippen LogP contribution in [0.5, 0.6) is 0 Å². The minimum absolute atomic E-state index is 0. The molecule has 2 heterocycles. The standard InChI is InChI=1S/C9H15NO3.ClH/c1-12-8(11)7-6-10-9(7)2-4-13-5-3-9;/h7,10H,2-6H2,1H3;1H. The van der Waals surface area contributed by atoms with Crippen molar-refractivity contribution in [2.24, 2.45) is 5.92 Å². The van der Waals surface area contributed by atoms with Crippen molar-refractivity contribution in [2.75, 3.05) is 26.9 Å². The fourth-order valence-electron chi connectivity index (χ4n) is 2.20. The molecular formula is C9H16ClNO3. The molecule has 0 aromatic rings. The summed E-state index contributed by atoms with van der Waals surface area (Å²) in [6.07, 6.45) is 1.85. The van der Waals surface area contributed by atoms with Gasteiger partial charge < -0.3 is 14.8 Å². The van der Waals surface area contributed by atoms with Crippen LogP contribution in [-0.2, 0) is 14.3 Å². The average Bonchev–Trinajstić information content (AvgIpc) is 2.17.